The predicted molar refractivity (Wildman–Crippen MR) is 121 cm³/mol. The molecule has 0 spiro atoms. The Morgan fingerprint density at radius 3 is 2.69 bits per heavy atom. The molecule has 32 heavy (non-hydrogen) atoms. The summed E-state index contributed by atoms with van der Waals surface area (Å²) >= 11 is 10.3. The highest BCUT2D eigenvalue weighted by Gasteiger charge is 2.36. The van der Waals surface area contributed by atoms with Crippen LogP contribution >= 0.6 is 39.3 Å². The van der Waals surface area contributed by atoms with Crippen LogP contribution in [-0.4, -0.2) is 22.8 Å². The van der Waals surface area contributed by atoms with E-state index in [-0.39, 0.29) is 18.2 Å². The zero-order chi connectivity index (χ0) is 22.4. The Hall–Kier alpha value is -2.75. The molecule has 2 aromatic carbocycles. The summed E-state index contributed by atoms with van der Waals surface area (Å²) in [5.41, 5.74) is 0.851. The van der Waals surface area contributed by atoms with E-state index >= 15 is 0 Å². The first-order valence-corrected chi connectivity index (χ1v) is 11.3. The van der Waals surface area contributed by atoms with Gasteiger partial charge in [0.15, 0.2) is 11.5 Å². The van der Waals surface area contributed by atoms with E-state index in [0.29, 0.717) is 43.6 Å². The average Bonchev–Trinajstić information content (AvgIpc) is 3.45. The van der Waals surface area contributed by atoms with Crippen molar-refractivity contribution in [3.05, 3.63) is 74.0 Å². The van der Waals surface area contributed by atoms with Crippen molar-refractivity contribution < 1.29 is 27.9 Å². The van der Waals surface area contributed by atoms with Crippen LogP contribution < -0.4 is 9.47 Å². The minimum absolute atomic E-state index is 0.00894. The number of fused-ring (bicyclic) bond motifs is 1. The number of halogens is 3. The molecule has 0 atom stereocenters. The molecule has 0 radical (unpaired) electrons. The van der Waals surface area contributed by atoms with Gasteiger partial charge in [-0.2, -0.15) is 0 Å². The zero-order valence-corrected chi connectivity index (χ0v) is 19.2. The summed E-state index contributed by atoms with van der Waals surface area (Å²) in [7, 11) is 0. The van der Waals surface area contributed by atoms with Gasteiger partial charge in [-0.1, -0.05) is 27.5 Å². The number of furan rings is 1. The maximum Gasteiger partial charge on any atom is 0.293 e. The number of carbonyl (C=O) groups is 2. The maximum absolute atomic E-state index is 14.2. The summed E-state index contributed by atoms with van der Waals surface area (Å²) in [6.45, 7) is 0.0830. The molecule has 10 heteroatoms. The molecule has 0 saturated carbocycles. The van der Waals surface area contributed by atoms with Crippen LogP contribution in [0.1, 0.15) is 11.3 Å². The van der Waals surface area contributed by atoms with Crippen LogP contribution in [0.4, 0.5) is 9.18 Å². The third-order valence-corrected chi connectivity index (χ3v) is 6.59. The Kier molecular flexibility index (Phi) is 5.48. The van der Waals surface area contributed by atoms with Crippen molar-refractivity contribution in [1.82, 2.24) is 4.90 Å². The smallest absolute Gasteiger partial charge is 0.293 e. The van der Waals surface area contributed by atoms with Gasteiger partial charge in [-0.25, -0.2) is 4.39 Å². The van der Waals surface area contributed by atoms with Crippen LogP contribution in [0.15, 0.2) is 56.3 Å². The third-order valence-electron chi connectivity index (χ3n) is 4.84. The van der Waals surface area contributed by atoms with E-state index < -0.39 is 17.0 Å². The van der Waals surface area contributed by atoms with E-state index in [1.165, 1.54) is 12.1 Å². The molecule has 0 aliphatic carbocycles. The first-order chi connectivity index (χ1) is 15.4. The van der Waals surface area contributed by atoms with E-state index in [0.717, 1.165) is 16.7 Å². The predicted octanol–water partition coefficient (Wildman–Crippen LogP) is 6.47. The van der Waals surface area contributed by atoms with Gasteiger partial charge in [0.2, 0.25) is 6.79 Å². The minimum Gasteiger partial charge on any atom is -0.457 e. The van der Waals surface area contributed by atoms with Gasteiger partial charge in [-0.3, -0.25) is 14.5 Å². The molecule has 0 bridgehead atoms. The molecule has 6 nitrogen and oxygen atoms in total. The number of imide groups is 1. The van der Waals surface area contributed by atoms with E-state index in [1.807, 2.05) is 0 Å². The van der Waals surface area contributed by atoms with Gasteiger partial charge >= 0.3 is 0 Å². The summed E-state index contributed by atoms with van der Waals surface area (Å²) in [6.07, 6.45) is 1.46. The number of thioether (sulfide) groups is 1. The molecule has 0 unspecified atom stereocenters. The minimum atomic E-state index is -0.471. The highest BCUT2D eigenvalue weighted by molar-refractivity contribution is 9.10. The molecular formula is C22H12BrClFNO5S. The standard InChI is InChI=1S/C22H12BrClFNO5S/c23-12-1-3-14(16(25)6-12)17-4-2-13(31-17)7-20-21(27)26(22(28)32-20)9-11-5-18-19(8-15(11)24)30-10-29-18/h1-8H,9-10H2. The Morgan fingerprint density at radius 1 is 1.12 bits per heavy atom. The molecule has 5 rings (SSSR count). The van der Waals surface area contributed by atoms with Gasteiger partial charge in [0.1, 0.15) is 17.3 Å². The normalized spacial score (nSPS) is 16.5. The lowest BCUT2D eigenvalue weighted by molar-refractivity contribution is -0.123. The molecule has 1 saturated heterocycles. The van der Waals surface area contributed by atoms with Crippen LogP contribution in [0.2, 0.25) is 5.02 Å². The first kappa shape index (κ1) is 21.1. The molecule has 2 aliphatic rings. The van der Waals surface area contributed by atoms with Gasteiger partial charge in [-0.05, 0) is 53.7 Å². The second-order valence-corrected chi connectivity index (χ2v) is 9.21. The van der Waals surface area contributed by atoms with Crippen LogP contribution in [0, 0.1) is 5.82 Å². The van der Waals surface area contributed by atoms with E-state index in [2.05, 4.69) is 15.9 Å². The molecule has 0 N–H and O–H groups in total. The van der Waals surface area contributed by atoms with Gasteiger partial charge < -0.3 is 13.9 Å². The van der Waals surface area contributed by atoms with Crippen LogP contribution in [0.5, 0.6) is 11.5 Å². The lowest BCUT2D eigenvalue weighted by Gasteiger charge is -2.14. The summed E-state index contributed by atoms with van der Waals surface area (Å²) in [4.78, 5) is 26.6. The Labute approximate surface area is 199 Å². The molecule has 2 aliphatic heterocycles. The van der Waals surface area contributed by atoms with E-state index in [1.54, 1.807) is 36.4 Å². The van der Waals surface area contributed by atoms with Gasteiger partial charge in [0.05, 0.1) is 17.0 Å². The van der Waals surface area contributed by atoms with Crippen molar-refractivity contribution in [3.63, 3.8) is 0 Å². The average molecular weight is 537 g/mol. The van der Waals surface area contributed by atoms with Crippen LogP contribution in [-0.2, 0) is 11.3 Å². The molecule has 162 valence electrons. The highest BCUT2D eigenvalue weighted by atomic mass is 79.9. The van der Waals surface area contributed by atoms with Crippen molar-refractivity contribution in [2.24, 2.45) is 0 Å². The monoisotopic (exact) mass is 535 g/mol. The number of carbonyl (C=O) groups excluding carboxylic acids is 2. The fourth-order valence-corrected chi connectivity index (χ4v) is 4.65. The lowest BCUT2D eigenvalue weighted by Crippen LogP contribution is -2.27. The second-order valence-electron chi connectivity index (χ2n) is 6.89. The number of benzene rings is 2. The SMILES string of the molecule is O=C1SC(=Cc2ccc(-c3ccc(Br)cc3F)o2)C(=O)N1Cc1cc2c(cc1Cl)OCO2. The second kappa shape index (κ2) is 8.31. The van der Waals surface area contributed by atoms with Gasteiger partial charge in [0.25, 0.3) is 11.1 Å². The zero-order valence-electron chi connectivity index (χ0n) is 16.1. The number of hydrogen-bond donors (Lipinski definition) is 0. The summed E-state index contributed by atoms with van der Waals surface area (Å²) in [5.74, 6) is 0.753. The van der Waals surface area contributed by atoms with Crippen molar-refractivity contribution in [2.75, 3.05) is 6.79 Å². The summed E-state index contributed by atoms with van der Waals surface area (Å²) in [6, 6.07) is 11.1. The molecule has 3 aromatic rings. The van der Waals surface area contributed by atoms with Crippen molar-refractivity contribution in [2.45, 2.75) is 6.54 Å². The van der Waals surface area contributed by atoms with E-state index in [9.17, 15) is 14.0 Å². The molecular weight excluding hydrogens is 525 g/mol. The Morgan fingerprint density at radius 2 is 1.91 bits per heavy atom. The van der Waals surface area contributed by atoms with E-state index in [4.69, 9.17) is 25.5 Å². The highest BCUT2D eigenvalue weighted by Crippen LogP contribution is 2.39. The largest absolute Gasteiger partial charge is 0.457 e. The van der Waals surface area contributed by atoms with Crippen molar-refractivity contribution >= 4 is 56.5 Å². The third kappa shape index (κ3) is 3.92. The van der Waals surface area contributed by atoms with Crippen molar-refractivity contribution in [1.29, 1.82) is 0 Å². The fraction of sp³-hybridized carbons (Fsp3) is 0.0909. The molecule has 1 fully saturated rings. The lowest BCUT2D eigenvalue weighted by atomic mass is 10.1. The molecule has 3 heterocycles. The maximum atomic E-state index is 14.2. The fourth-order valence-electron chi connectivity index (χ4n) is 3.28. The number of ether oxygens (including phenoxy) is 2. The number of hydrogen-bond acceptors (Lipinski definition) is 6. The van der Waals surface area contributed by atoms with Gasteiger partial charge in [0, 0.05) is 21.6 Å². The topological polar surface area (TPSA) is 69.0 Å². The molecule has 1 aromatic heterocycles. The van der Waals surface area contributed by atoms with Crippen LogP contribution in [0.3, 0.4) is 0 Å². The van der Waals surface area contributed by atoms with Crippen molar-refractivity contribution in [3.8, 4) is 22.8 Å². The van der Waals surface area contributed by atoms with Gasteiger partial charge in [-0.15, -0.1) is 0 Å². The number of nitrogens with zero attached hydrogens (tertiary/aromatic N) is 1. The first-order valence-electron chi connectivity index (χ1n) is 9.28. The summed E-state index contributed by atoms with van der Waals surface area (Å²) in [5, 5.41) is -0.0646. The Bertz CT molecular complexity index is 1310. The summed E-state index contributed by atoms with van der Waals surface area (Å²) < 4.78 is 31.1. The Balaban J connectivity index is 1.37. The quantitative estimate of drug-likeness (QED) is 0.356. The number of amides is 2. The molecule has 2 amide bonds. The number of rotatable bonds is 4. The van der Waals surface area contributed by atoms with Crippen LogP contribution in [0.25, 0.3) is 17.4 Å².